The molecule has 0 aliphatic rings. The highest BCUT2D eigenvalue weighted by Gasteiger charge is 2.13. The summed E-state index contributed by atoms with van der Waals surface area (Å²) >= 11 is 0. The molecule has 0 radical (unpaired) electrons. The second-order valence-electron chi connectivity index (χ2n) is 3.31. The fraction of sp³-hybridized carbons (Fsp3) is 0.273. The number of halogens is 1. The quantitative estimate of drug-likeness (QED) is 0.809. The highest BCUT2D eigenvalue weighted by atomic mass is 19.1. The van der Waals surface area contributed by atoms with Gasteiger partial charge < -0.3 is 11.1 Å². The first kappa shape index (κ1) is 12.1. The van der Waals surface area contributed by atoms with E-state index in [1.54, 1.807) is 13.0 Å². The van der Waals surface area contributed by atoms with E-state index in [0.717, 1.165) is 6.07 Å². The van der Waals surface area contributed by atoms with E-state index in [2.05, 4.69) is 5.32 Å². The number of rotatable bonds is 3. The molecule has 4 nitrogen and oxygen atoms in total. The molecule has 0 saturated heterocycles. The Morgan fingerprint density at radius 2 is 2.38 bits per heavy atom. The van der Waals surface area contributed by atoms with Crippen LogP contribution in [0.15, 0.2) is 18.2 Å². The first-order valence-electron chi connectivity index (χ1n) is 4.84. The van der Waals surface area contributed by atoms with Crippen LogP contribution in [0.4, 0.5) is 10.1 Å². The third kappa shape index (κ3) is 2.78. The number of hydrogen-bond donors (Lipinski definition) is 2. The van der Waals surface area contributed by atoms with Crippen molar-refractivity contribution in [2.24, 2.45) is 5.73 Å². The van der Waals surface area contributed by atoms with Crippen LogP contribution in [0, 0.1) is 17.1 Å². The summed E-state index contributed by atoms with van der Waals surface area (Å²) in [6.07, 6.45) is 0.476. The molecule has 0 aliphatic heterocycles. The van der Waals surface area contributed by atoms with Gasteiger partial charge in [0.15, 0.2) is 0 Å². The van der Waals surface area contributed by atoms with Crippen LogP contribution in [0.1, 0.15) is 18.9 Å². The van der Waals surface area contributed by atoms with E-state index >= 15 is 0 Å². The number of amides is 1. The number of benzene rings is 1. The molecule has 1 rings (SSSR count). The summed E-state index contributed by atoms with van der Waals surface area (Å²) in [5.74, 6) is -1.08. The van der Waals surface area contributed by atoms with E-state index in [4.69, 9.17) is 11.0 Å². The van der Waals surface area contributed by atoms with Crippen molar-refractivity contribution in [1.82, 2.24) is 0 Å². The molecule has 0 aliphatic carbocycles. The van der Waals surface area contributed by atoms with Crippen LogP contribution in [0.2, 0.25) is 0 Å². The number of anilines is 1. The Bertz CT molecular complexity index is 439. The van der Waals surface area contributed by atoms with E-state index in [-0.39, 0.29) is 11.3 Å². The molecule has 0 saturated carbocycles. The van der Waals surface area contributed by atoms with Crippen molar-refractivity contribution in [3.05, 3.63) is 29.6 Å². The number of nitrogens with two attached hydrogens (primary N) is 1. The van der Waals surface area contributed by atoms with Crippen molar-refractivity contribution in [3.63, 3.8) is 0 Å². The first-order valence-corrected chi connectivity index (χ1v) is 4.84. The predicted molar refractivity (Wildman–Crippen MR) is 58.0 cm³/mol. The van der Waals surface area contributed by atoms with E-state index in [1.165, 1.54) is 12.1 Å². The smallest absolute Gasteiger partial charge is 0.241 e. The van der Waals surface area contributed by atoms with Gasteiger partial charge in [0.05, 0.1) is 23.4 Å². The van der Waals surface area contributed by atoms with Gasteiger partial charge in [-0.3, -0.25) is 4.79 Å². The van der Waals surface area contributed by atoms with Gasteiger partial charge in [-0.2, -0.15) is 5.26 Å². The standard InChI is InChI=1S/C11H12FN3O/c1-2-9(14)11(16)15-10-4-3-7(6-13)5-8(10)12/h3-5,9H,2,14H2,1H3,(H,15,16). The molecule has 3 N–H and O–H groups in total. The third-order valence-corrected chi connectivity index (χ3v) is 2.13. The topological polar surface area (TPSA) is 78.9 Å². The number of nitrogens with one attached hydrogen (secondary N) is 1. The van der Waals surface area contributed by atoms with Gasteiger partial charge >= 0.3 is 0 Å². The van der Waals surface area contributed by atoms with Crippen molar-refractivity contribution >= 4 is 11.6 Å². The normalized spacial score (nSPS) is 11.6. The van der Waals surface area contributed by atoms with Crippen molar-refractivity contribution in [3.8, 4) is 6.07 Å². The maximum absolute atomic E-state index is 13.4. The summed E-state index contributed by atoms with van der Waals surface area (Å²) in [6, 6.07) is 4.98. The van der Waals surface area contributed by atoms with Crippen LogP contribution in [0.5, 0.6) is 0 Å². The molecule has 0 heterocycles. The van der Waals surface area contributed by atoms with Crippen molar-refractivity contribution in [2.75, 3.05) is 5.32 Å². The molecule has 16 heavy (non-hydrogen) atoms. The molecule has 0 aromatic heterocycles. The second kappa shape index (κ2) is 5.24. The van der Waals surface area contributed by atoms with Crippen molar-refractivity contribution < 1.29 is 9.18 Å². The van der Waals surface area contributed by atoms with E-state index in [1.807, 2.05) is 0 Å². The Hall–Kier alpha value is -1.93. The zero-order chi connectivity index (χ0) is 12.1. The Balaban J connectivity index is 2.83. The molecule has 0 bridgehead atoms. The Labute approximate surface area is 92.9 Å². The lowest BCUT2D eigenvalue weighted by atomic mass is 10.2. The highest BCUT2D eigenvalue weighted by Crippen LogP contribution is 2.15. The van der Waals surface area contributed by atoms with Crippen LogP contribution in [0.3, 0.4) is 0 Å². The average Bonchev–Trinajstić information content (AvgIpc) is 2.30. The summed E-state index contributed by atoms with van der Waals surface area (Å²) in [5, 5.41) is 10.9. The van der Waals surface area contributed by atoms with Gasteiger partial charge in [0.25, 0.3) is 0 Å². The minimum absolute atomic E-state index is 0.0351. The molecular formula is C11H12FN3O. The molecule has 84 valence electrons. The number of carbonyl (C=O) groups is 1. The highest BCUT2D eigenvalue weighted by molar-refractivity contribution is 5.94. The van der Waals surface area contributed by atoms with Gasteiger partial charge in [-0.15, -0.1) is 0 Å². The number of carbonyl (C=O) groups excluding carboxylic acids is 1. The van der Waals surface area contributed by atoms with E-state index in [0.29, 0.717) is 6.42 Å². The maximum Gasteiger partial charge on any atom is 0.241 e. The first-order chi connectivity index (χ1) is 7.58. The van der Waals surface area contributed by atoms with Gasteiger partial charge in [-0.1, -0.05) is 6.92 Å². The Kier molecular flexibility index (Phi) is 3.97. The van der Waals surface area contributed by atoms with Crippen LogP contribution >= 0.6 is 0 Å². The number of nitriles is 1. The molecular weight excluding hydrogens is 209 g/mol. The largest absolute Gasteiger partial charge is 0.322 e. The van der Waals surface area contributed by atoms with Crippen LogP contribution in [-0.4, -0.2) is 11.9 Å². The summed E-state index contributed by atoms with van der Waals surface area (Å²) in [6.45, 7) is 1.76. The van der Waals surface area contributed by atoms with Gasteiger partial charge in [-0.05, 0) is 24.6 Å². The van der Waals surface area contributed by atoms with Crippen molar-refractivity contribution in [1.29, 1.82) is 5.26 Å². The molecule has 1 unspecified atom stereocenters. The lowest BCUT2D eigenvalue weighted by Gasteiger charge is -2.10. The fourth-order valence-electron chi connectivity index (χ4n) is 1.10. The Morgan fingerprint density at radius 3 is 2.88 bits per heavy atom. The van der Waals surface area contributed by atoms with Crippen molar-refractivity contribution in [2.45, 2.75) is 19.4 Å². The summed E-state index contributed by atoms with van der Waals surface area (Å²) in [7, 11) is 0. The zero-order valence-corrected chi connectivity index (χ0v) is 8.83. The summed E-state index contributed by atoms with van der Waals surface area (Å²) < 4.78 is 13.4. The maximum atomic E-state index is 13.4. The van der Waals surface area contributed by atoms with Crippen LogP contribution < -0.4 is 11.1 Å². The molecule has 5 heteroatoms. The molecule has 1 aromatic rings. The SMILES string of the molecule is CCC(N)C(=O)Nc1ccc(C#N)cc1F. The van der Waals surface area contributed by atoms with Gasteiger partial charge in [-0.25, -0.2) is 4.39 Å². The monoisotopic (exact) mass is 221 g/mol. The lowest BCUT2D eigenvalue weighted by Crippen LogP contribution is -2.35. The number of nitrogens with zero attached hydrogens (tertiary/aromatic N) is 1. The minimum atomic E-state index is -0.657. The molecule has 0 fully saturated rings. The zero-order valence-electron chi connectivity index (χ0n) is 8.83. The molecule has 0 spiro atoms. The molecule has 1 aromatic carbocycles. The summed E-state index contributed by atoms with van der Waals surface area (Å²) in [4.78, 5) is 11.4. The Morgan fingerprint density at radius 1 is 1.69 bits per heavy atom. The van der Waals surface area contributed by atoms with E-state index in [9.17, 15) is 9.18 Å². The fourth-order valence-corrected chi connectivity index (χ4v) is 1.10. The minimum Gasteiger partial charge on any atom is -0.322 e. The number of hydrogen-bond acceptors (Lipinski definition) is 3. The molecule has 1 amide bonds. The van der Waals surface area contributed by atoms with Crippen LogP contribution in [0.25, 0.3) is 0 Å². The lowest BCUT2D eigenvalue weighted by molar-refractivity contribution is -0.117. The predicted octanol–water partition coefficient (Wildman–Crippen LogP) is 1.37. The third-order valence-electron chi connectivity index (χ3n) is 2.13. The van der Waals surface area contributed by atoms with Gasteiger partial charge in [0, 0.05) is 0 Å². The van der Waals surface area contributed by atoms with E-state index < -0.39 is 17.8 Å². The van der Waals surface area contributed by atoms with Gasteiger partial charge in [0.1, 0.15) is 5.82 Å². The average molecular weight is 221 g/mol. The van der Waals surface area contributed by atoms with Gasteiger partial charge in [0.2, 0.25) is 5.91 Å². The second-order valence-corrected chi connectivity index (χ2v) is 3.31. The molecule has 1 atom stereocenters. The van der Waals surface area contributed by atoms with Crippen LogP contribution in [-0.2, 0) is 4.79 Å². The summed E-state index contributed by atoms with van der Waals surface area (Å²) in [5.41, 5.74) is 5.72.